The molecule has 2 heterocycles. The van der Waals surface area contributed by atoms with Crippen LogP contribution >= 0.6 is 0 Å². The van der Waals surface area contributed by atoms with E-state index in [1.54, 1.807) is 6.07 Å². The Morgan fingerprint density at radius 1 is 1.44 bits per heavy atom. The highest BCUT2D eigenvalue weighted by molar-refractivity contribution is 5.55. The molecule has 1 aromatic rings. The molecule has 1 atom stereocenters. The molecule has 18 heavy (non-hydrogen) atoms. The van der Waals surface area contributed by atoms with E-state index in [1.807, 2.05) is 12.1 Å². The minimum atomic E-state index is 0.0927. The number of aliphatic hydroxyl groups excluding tert-OH is 1. The van der Waals surface area contributed by atoms with Crippen LogP contribution in [0.5, 0.6) is 0 Å². The fourth-order valence-corrected chi connectivity index (χ4v) is 2.38. The minimum absolute atomic E-state index is 0.0927. The van der Waals surface area contributed by atoms with E-state index in [2.05, 4.69) is 9.88 Å². The maximum absolute atomic E-state index is 9.47. The van der Waals surface area contributed by atoms with Crippen molar-refractivity contribution in [3.05, 3.63) is 17.8 Å². The van der Waals surface area contributed by atoms with Gasteiger partial charge in [0.15, 0.2) is 5.69 Å². The van der Waals surface area contributed by atoms with Gasteiger partial charge in [-0.15, -0.1) is 0 Å². The molecule has 5 heteroatoms. The van der Waals surface area contributed by atoms with E-state index in [0.717, 1.165) is 31.6 Å². The number of aliphatic hydroxyl groups is 1. The number of pyridine rings is 1. The molecule has 0 aromatic carbocycles. The van der Waals surface area contributed by atoms with Gasteiger partial charge in [-0.1, -0.05) is 12.8 Å². The Morgan fingerprint density at radius 3 is 3.00 bits per heavy atom. The summed E-state index contributed by atoms with van der Waals surface area (Å²) in [7, 11) is 0. The third kappa shape index (κ3) is 2.54. The number of hydrogen-bond donors (Lipinski definition) is 2. The standard InChI is InChI=1S/C13H18N4O/c14-8-12-11(15)5-6-13(16-12)17-7-3-1-2-4-10(17)9-18/h5-6,10,18H,1-4,7,9,15H2. The Balaban J connectivity index is 2.30. The Labute approximate surface area is 107 Å². The molecule has 1 fully saturated rings. The lowest BCUT2D eigenvalue weighted by molar-refractivity contribution is 0.254. The first-order valence-corrected chi connectivity index (χ1v) is 6.30. The lowest BCUT2D eigenvalue weighted by Gasteiger charge is -2.29. The SMILES string of the molecule is N#Cc1nc(N2CCCCCC2CO)ccc1N. The van der Waals surface area contributed by atoms with Crippen LogP contribution in [-0.4, -0.2) is 29.3 Å². The zero-order chi connectivity index (χ0) is 13.0. The fourth-order valence-electron chi connectivity index (χ4n) is 2.38. The maximum atomic E-state index is 9.47. The van der Waals surface area contributed by atoms with Gasteiger partial charge in [-0.05, 0) is 25.0 Å². The molecule has 1 saturated heterocycles. The molecular weight excluding hydrogens is 228 g/mol. The smallest absolute Gasteiger partial charge is 0.165 e. The predicted molar refractivity (Wildman–Crippen MR) is 70.1 cm³/mol. The van der Waals surface area contributed by atoms with E-state index < -0.39 is 0 Å². The summed E-state index contributed by atoms with van der Waals surface area (Å²) in [5.74, 6) is 0.738. The largest absolute Gasteiger partial charge is 0.396 e. The van der Waals surface area contributed by atoms with E-state index >= 15 is 0 Å². The molecule has 0 radical (unpaired) electrons. The summed E-state index contributed by atoms with van der Waals surface area (Å²) in [5, 5.41) is 18.4. The lowest BCUT2D eigenvalue weighted by atomic mass is 10.1. The molecule has 1 aliphatic rings. The lowest BCUT2D eigenvalue weighted by Crippen LogP contribution is -2.38. The molecule has 0 saturated carbocycles. The monoisotopic (exact) mass is 246 g/mol. The van der Waals surface area contributed by atoms with Crippen LogP contribution in [0.25, 0.3) is 0 Å². The van der Waals surface area contributed by atoms with Gasteiger partial charge in [0.2, 0.25) is 0 Å². The Hall–Kier alpha value is -1.80. The molecule has 0 amide bonds. The highest BCUT2D eigenvalue weighted by Crippen LogP contribution is 2.24. The van der Waals surface area contributed by atoms with Gasteiger partial charge < -0.3 is 15.7 Å². The molecule has 0 bridgehead atoms. The molecule has 1 aliphatic heterocycles. The Morgan fingerprint density at radius 2 is 2.28 bits per heavy atom. The van der Waals surface area contributed by atoms with Crippen LogP contribution in [-0.2, 0) is 0 Å². The van der Waals surface area contributed by atoms with Gasteiger partial charge in [0, 0.05) is 6.54 Å². The van der Waals surface area contributed by atoms with Crippen molar-refractivity contribution in [2.24, 2.45) is 0 Å². The van der Waals surface area contributed by atoms with Crippen molar-refractivity contribution < 1.29 is 5.11 Å². The van der Waals surface area contributed by atoms with Gasteiger partial charge in [-0.25, -0.2) is 4.98 Å². The number of nitrogens with two attached hydrogens (primary N) is 1. The van der Waals surface area contributed by atoms with Gasteiger partial charge in [0.05, 0.1) is 18.3 Å². The van der Waals surface area contributed by atoms with Crippen molar-refractivity contribution in [3.63, 3.8) is 0 Å². The number of hydrogen-bond acceptors (Lipinski definition) is 5. The van der Waals surface area contributed by atoms with Crippen LogP contribution in [0.3, 0.4) is 0 Å². The van der Waals surface area contributed by atoms with Crippen molar-refractivity contribution in [2.45, 2.75) is 31.7 Å². The van der Waals surface area contributed by atoms with Crippen molar-refractivity contribution in [1.82, 2.24) is 4.98 Å². The van der Waals surface area contributed by atoms with Crippen molar-refractivity contribution in [2.75, 3.05) is 23.8 Å². The maximum Gasteiger partial charge on any atom is 0.165 e. The van der Waals surface area contributed by atoms with Crippen molar-refractivity contribution in [1.29, 1.82) is 5.26 Å². The molecule has 0 aliphatic carbocycles. The van der Waals surface area contributed by atoms with Crippen LogP contribution in [0.2, 0.25) is 0 Å². The zero-order valence-corrected chi connectivity index (χ0v) is 10.3. The van der Waals surface area contributed by atoms with Gasteiger partial charge in [-0.2, -0.15) is 5.26 Å². The zero-order valence-electron chi connectivity index (χ0n) is 10.3. The molecule has 0 spiro atoms. The van der Waals surface area contributed by atoms with Gasteiger partial charge >= 0.3 is 0 Å². The molecule has 96 valence electrons. The first kappa shape index (κ1) is 12.7. The van der Waals surface area contributed by atoms with E-state index in [1.165, 1.54) is 6.42 Å². The first-order chi connectivity index (χ1) is 8.76. The summed E-state index contributed by atoms with van der Waals surface area (Å²) in [5.41, 5.74) is 6.33. The molecule has 1 unspecified atom stereocenters. The molecular formula is C13H18N4O. The Kier molecular flexibility index (Phi) is 4.00. The number of nitrogens with zero attached hydrogens (tertiary/aromatic N) is 3. The summed E-state index contributed by atoms with van der Waals surface area (Å²) in [6, 6.07) is 5.62. The molecule has 1 aromatic heterocycles. The molecule has 5 nitrogen and oxygen atoms in total. The summed E-state index contributed by atoms with van der Waals surface area (Å²) in [4.78, 5) is 6.37. The van der Waals surface area contributed by atoms with E-state index in [0.29, 0.717) is 5.69 Å². The van der Waals surface area contributed by atoms with Gasteiger partial charge in [0.1, 0.15) is 11.9 Å². The second-order valence-electron chi connectivity index (χ2n) is 4.60. The van der Waals surface area contributed by atoms with Gasteiger partial charge in [0.25, 0.3) is 0 Å². The molecule has 2 rings (SSSR count). The average molecular weight is 246 g/mol. The fraction of sp³-hybridized carbons (Fsp3) is 0.538. The minimum Gasteiger partial charge on any atom is -0.396 e. The van der Waals surface area contributed by atoms with Crippen LogP contribution in [0.15, 0.2) is 12.1 Å². The summed E-state index contributed by atoms with van der Waals surface area (Å²) in [6.07, 6.45) is 4.35. The van der Waals surface area contributed by atoms with Crippen LogP contribution in [0, 0.1) is 11.3 Å². The third-order valence-corrected chi connectivity index (χ3v) is 3.40. The highest BCUT2D eigenvalue weighted by Gasteiger charge is 2.22. The topological polar surface area (TPSA) is 86.2 Å². The van der Waals surface area contributed by atoms with Crippen LogP contribution < -0.4 is 10.6 Å². The van der Waals surface area contributed by atoms with Crippen molar-refractivity contribution >= 4 is 11.5 Å². The van der Waals surface area contributed by atoms with Gasteiger partial charge in [-0.3, -0.25) is 0 Å². The Bertz CT molecular complexity index is 455. The number of rotatable bonds is 2. The first-order valence-electron chi connectivity index (χ1n) is 6.30. The average Bonchev–Trinajstić information content (AvgIpc) is 2.64. The molecule has 3 N–H and O–H groups in total. The van der Waals surface area contributed by atoms with Crippen LogP contribution in [0.1, 0.15) is 31.4 Å². The normalized spacial score (nSPS) is 20.2. The summed E-state index contributed by atoms with van der Waals surface area (Å²) in [6.45, 7) is 0.987. The second kappa shape index (κ2) is 5.69. The predicted octanol–water partition coefficient (Wildman–Crippen LogP) is 1.28. The summed E-state index contributed by atoms with van der Waals surface area (Å²) < 4.78 is 0. The second-order valence-corrected chi connectivity index (χ2v) is 4.60. The van der Waals surface area contributed by atoms with E-state index in [4.69, 9.17) is 11.0 Å². The number of aromatic nitrogens is 1. The van der Waals surface area contributed by atoms with E-state index in [9.17, 15) is 5.11 Å². The third-order valence-electron chi connectivity index (χ3n) is 3.40. The highest BCUT2D eigenvalue weighted by atomic mass is 16.3. The van der Waals surface area contributed by atoms with Crippen LogP contribution in [0.4, 0.5) is 11.5 Å². The van der Waals surface area contributed by atoms with Crippen molar-refractivity contribution in [3.8, 4) is 6.07 Å². The quantitative estimate of drug-likeness (QED) is 0.820. The number of nitriles is 1. The van der Waals surface area contributed by atoms with E-state index in [-0.39, 0.29) is 18.3 Å². The summed E-state index contributed by atoms with van der Waals surface area (Å²) >= 11 is 0. The number of nitrogen functional groups attached to an aromatic ring is 1. The number of anilines is 2.